The molecule has 0 amide bonds. The summed E-state index contributed by atoms with van der Waals surface area (Å²) >= 11 is 0. The zero-order valence-corrected chi connectivity index (χ0v) is 10.9. The molecular formula is C13H17N3O3. The van der Waals surface area contributed by atoms with Crippen LogP contribution >= 0.6 is 0 Å². The molecule has 0 saturated carbocycles. The minimum absolute atomic E-state index is 0.394. The average molecular weight is 263 g/mol. The zero-order chi connectivity index (χ0) is 13.2. The summed E-state index contributed by atoms with van der Waals surface area (Å²) in [6.45, 7) is 2.89. The molecule has 6 heteroatoms. The smallest absolute Gasteiger partial charge is 0.163 e. The minimum Gasteiger partial charge on any atom is -0.486 e. The third-order valence-electron chi connectivity index (χ3n) is 3.19. The van der Waals surface area contributed by atoms with Crippen molar-refractivity contribution in [3.05, 3.63) is 18.0 Å². The molecule has 0 unspecified atom stereocenters. The van der Waals surface area contributed by atoms with Crippen LogP contribution in [0.4, 0.5) is 0 Å². The van der Waals surface area contributed by atoms with Crippen molar-refractivity contribution >= 4 is 11.0 Å². The van der Waals surface area contributed by atoms with Crippen molar-refractivity contribution in [1.82, 2.24) is 9.55 Å². The summed E-state index contributed by atoms with van der Waals surface area (Å²) in [6.07, 6.45) is 0. The fourth-order valence-electron chi connectivity index (χ4n) is 2.30. The summed E-state index contributed by atoms with van der Waals surface area (Å²) in [4.78, 5) is 4.54. The van der Waals surface area contributed by atoms with Gasteiger partial charge in [0.15, 0.2) is 11.5 Å². The van der Waals surface area contributed by atoms with Crippen molar-refractivity contribution in [2.45, 2.75) is 13.1 Å². The van der Waals surface area contributed by atoms with Gasteiger partial charge in [0.1, 0.15) is 19.0 Å². The van der Waals surface area contributed by atoms with Gasteiger partial charge in [-0.15, -0.1) is 0 Å². The molecule has 2 aromatic rings. The average Bonchev–Trinajstić information content (AvgIpc) is 2.79. The van der Waals surface area contributed by atoms with Gasteiger partial charge < -0.3 is 24.5 Å². The fraction of sp³-hybridized carbons (Fsp3) is 0.462. The van der Waals surface area contributed by atoms with E-state index in [0.717, 1.165) is 34.9 Å². The predicted octanol–water partition coefficient (Wildman–Crippen LogP) is 0.913. The first-order valence-corrected chi connectivity index (χ1v) is 6.31. The molecule has 1 aromatic carbocycles. The van der Waals surface area contributed by atoms with Crippen LogP contribution in [-0.4, -0.2) is 36.5 Å². The second-order valence-electron chi connectivity index (χ2n) is 4.36. The quantitative estimate of drug-likeness (QED) is 0.887. The molecule has 2 N–H and O–H groups in total. The summed E-state index contributed by atoms with van der Waals surface area (Å²) in [5.74, 6) is 2.36. The van der Waals surface area contributed by atoms with Gasteiger partial charge in [0.25, 0.3) is 0 Å². The van der Waals surface area contributed by atoms with Gasteiger partial charge >= 0.3 is 0 Å². The second kappa shape index (κ2) is 5.07. The normalized spacial score (nSPS) is 14.0. The van der Waals surface area contributed by atoms with E-state index in [9.17, 15) is 0 Å². The monoisotopic (exact) mass is 263 g/mol. The van der Waals surface area contributed by atoms with Gasteiger partial charge in [-0.05, 0) is 0 Å². The van der Waals surface area contributed by atoms with Crippen LogP contribution in [0.2, 0.25) is 0 Å². The lowest BCUT2D eigenvalue weighted by molar-refractivity contribution is 0.172. The maximum absolute atomic E-state index is 5.75. The molecule has 6 nitrogen and oxygen atoms in total. The Morgan fingerprint density at radius 3 is 2.74 bits per heavy atom. The van der Waals surface area contributed by atoms with E-state index in [2.05, 4.69) is 9.55 Å². The number of ether oxygens (including phenoxy) is 3. The lowest BCUT2D eigenvalue weighted by Gasteiger charge is -2.18. The molecule has 3 rings (SSSR count). The van der Waals surface area contributed by atoms with Gasteiger partial charge in [-0.2, -0.15) is 0 Å². The van der Waals surface area contributed by atoms with Gasteiger partial charge in [-0.25, -0.2) is 4.98 Å². The Morgan fingerprint density at radius 1 is 1.32 bits per heavy atom. The molecule has 0 fully saturated rings. The molecule has 102 valence electrons. The maximum Gasteiger partial charge on any atom is 0.163 e. The predicted molar refractivity (Wildman–Crippen MR) is 70.5 cm³/mol. The van der Waals surface area contributed by atoms with E-state index in [1.54, 1.807) is 7.11 Å². The molecule has 2 heterocycles. The molecule has 19 heavy (non-hydrogen) atoms. The molecule has 0 spiro atoms. The van der Waals surface area contributed by atoms with Crippen LogP contribution in [0, 0.1) is 0 Å². The van der Waals surface area contributed by atoms with Gasteiger partial charge in [0.05, 0.1) is 24.2 Å². The Bertz CT molecular complexity index is 594. The molecule has 1 aromatic heterocycles. The fourth-order valence-corrected chi connectivity index (χ4v) is 2.30. The number of hydrogen-bond acceptors (Lipinski definition) is 5. The van der Waals surface area contributed by atoms with E-state index in [1.165, 1.54) is 0 Å². The van der Waals surface area contributed by atoms with Crippen LogP contribution in [0.15, 0.2) is 12.1 Å². The topological polar surface area (TPSA) is 71.5 Å². The van der Waals surface area contributed by atoms with Crippen LogP contribution in [-0.2, 0) is 17.8 Å². The van der Waals surface area contributed by atoms with Crippen molar-refractivity contribution in [2.24, 2.45) is 5.73 Å². The number of nitrogens with two attached hydrogens (primary N) is 1. The Balaban J connectivity index is 2.11. The summed E-state index contributed by atoms with van der Waals surface area (Å²) in [6, 6.07) is 3.87. The highest BCUT2D eigenvalue weighted by Crippen LogP contribution is 2.34. The number of imidazole rings is 1. The number of fused-ring (bicyclic) bond motifs is 2. The van der Waals surface area contributed by atoms with Gasteiger partial charge in [-0.3, -0.25) is 0 Å². The first-order valence-electron chi connectivity index (χ1n) is 6.31. The van der Waals surface area contributed by atoms with E-state index in [-0.39, 0.29) is 0 Å². The molecule has 1 aliphatic rings. The largest absolute Gasteiger partial charge is 0.486 e. The lowest BCUT2D eigenvalue weighted by Crippen LogP contribution is -2.15. The molecule has 0 atom stereocenters. The van der Waals surface area contributed by atoms with Crippen molar-refractivity contribution in [3.63, 3.8) is 0 Å². The SMILES string of the molecule is COCCn1c(CN)nc2cc3c(cc21)OCCO3. The van der Waals surface area contributed by atoms with Gasteiger partial charge in [-0.1, -0.05) is 0 Å². The first-order chi connectivity index (χ1) is 9.33. The number of methoxy groups -OCH3 is 1. The van der Waals surface area contributed by atoms with E-state index >= 15 is 0 Å². The Morgan fingerprint density at radius 2 is 2.05 bits per heavy atom. The van der Waals surface area contributed by atoms with Crippen LogP contribution in [0.5, 0.6) is 11.5 Å². The minimum atomic E-state index is 0.394. The summed E-state index contributed by atoms with van der Waals surface area (Å²) in [7, 11) is 1.68. The van der Waals surface area contributed by atoms with E-state index in [4.69, 9.17) is 19.9 Å². The molecule has 0 saturated heterocycles. The third-order valence-corrected chi connectivity index (χ3v) is 3.19. The van der Waals surface area contributed by atoms with E-state index in [0.29, 0.717) is 26.4 Å². The second-order valence-corrected chi connectivity index (χ2v) is 4.36. The number of nitrogens with zero attached hydrogens (tertiary/aromatic N) is 2. The zero-order valence-electron chi connectivity index (χ0n) is 10.9. The number of aromatic nitrogens is 2. The Hall–Kier alpha value is -1.79. The summed E-state index contributed by atoms with van der Waals surface area (Å²) in [5.41, 5.74) is 7.63. The maximum atomic E-state index is 5.75. The lowest BCUT2D eigenvalue weighted by atomic mass is 10.2. The van der Waals surface area contributed by atoms with E-state index in [1.807, 2.05) is 12.1 Å². The number of rotatable bonds is 4. The highest BCUT2D eigenvalue weighted by atomic mass is 16.6. The Kier molecular flexibility index (Phi) is 3.27. The van der Waals surface area contributed by atoms with Crippen molar-refractivity contribution in [1.29, 1.82) is 0 Å². The van der Waals surface area contributed by atoms with Crippen LogP contribution in [0.25, 0.3) is 11.0 Å². The molecule has 0 bridgehead atoms. The van der Waals surface area contributed by atoms with Gasteiger partial charge in [0.2, 0.25) is 0 Å². The highest BCUT2D eigenvalue weighted by Gasteiger charge is 2.17. The number of hydrogen-bond donors (Lipinski definition) is 1. The van der Waals surface area contributed by atoms with Crippen molar-refractivity contribution in [2.75, 3.05) is 26.9 Å². The standard InChI is InChI=1S/C13H17N3O3/c1-17-3-2-16-10-7-12-11(18-4-5-19-12)6-9(10)15-13(16)8-14/h6-7H,2-5,8,14H2,1H3. The van der Waals surface area contributed by atoms with Crippen LogP contribution in [0.3, 0.4) is 0 Å². The molecular weight excluding hydrogens is 246 g/mol. The summed E-state index contributed by atoms with van der Waals surface area (Å²) < 4.78 is 18.4. The van der Waals surface area contributed by atoms with Crippen molar-refractivity contribution < 1.29 is 14.2 Å². The van der Waals surface area contributed by atoms with E-state index < -0.39 is 0 Å². The first kappa shape index (κ1) is 12.3. The van der Waals surface area contributed by atoms with Crippen molar-refractivity contribution in [3.8, 4) is 11.5 Å². The highest BCUT2D eigenvalue weighted by molar-refractivity contribution is 5.80. The van der Waals surface area contributed by atoms with Crippen LogP contribution < -0.4 is 15.2 Å². The van der Waals surface area contributed by atoms with Gasteiger partial charge in [0, 0.05) is 25.8 Å². The molecule has 1 aliphatic heterocycles. The molecule has 0 aliphatic carbocycles. The number of benzene rings is 1. The summed E-state index contributed by atoms with van der Waals surface area (Å²) in [5, 5.41) is 0. The Labute approximate surface area is 111 Å². The third kappa shape index (κ3) is 2.13. The van der Waals surface area contributed by atoms with Crippen LogP contribution in [0.1, 0.15) is 5.82 Å². The molecule has 0 radical (unpaired) electrons.